The second kappa shape index (κ2) is 9.88. The van der Waals surface area contributed by atoms with E-state index in [1.54, 1.807) is 16.2 Å². The average molecular weight is 494 g/mol. The first kappa shape index (κ1) is 22.5. The number of amides is 2. The second-order valence-corrected chi connectivity index (χ2v) is 9.86. The number of aromatic nitrogens is 2. The summed E-state index contributed by atoms with van der Waals surface area (Å²) in [6, 6.07) is 13.3. The molecule has 4 heterocycles. The molecule has 5 rings (SSSR count). The molecule has 8 nitrogen and oxygen atoms in total. The fraction of sp³-hybridized carbons (Fsp3) is 0.250. The molecule has 2 amide bonds. The summed E-state index contributed by atoms with van der Waals surface area (Å²) in [5, 5.41) is 7.37. The van der Waals surface area contributed by atoms with Gasteiger partial charge in [0.15, 0.2) is 0 Å². The van der Waals surface area contributed by atoms with Crippen molar-refractivity contribution in [2.24, 2.45) is 0 Å². The van der Waals surface area contributed by atoms with E-state index < -0.39 is 0 Å². The lowest BCUT2D eigenvalue weighted by Gasteiger charge is -2.34. The molecule has 0 saturated carbocycles. The number of nitrogens with zero attached hydrogens (tertiary/aromatic N) is 4. The predicted molar refractivity (Wildman–Crippen MR) is 135 cm³/mol. The van der Waals surface area contributed by atoms with Crippen LogP contribution in [0.1, 0.15) is 0 Å². The normalized spacial score (nSPS) is 14.4. The van der Waals surface area contributed by atoms with Gasteiger partial charge in [0.2, 0.25) is 11.8 Å². The Balaban J connectivity index is 1.20. The number of fused-ring (bicyclic) bond motifs is 1. The van der Waals surface area contributed by atoms with Gasteiger partial charge in [-0.1, -0.05) is 24.3 Å². The van der Waals surface area contributed by atoms with Gasteiger partial charge < -0.3 is 10.2 Å². The van der Waals surface area contributed by atoms with Crippen LogP contribution in [0.25, 0.3) is 20.7 Å². The van der Waals surface area contributed by atoms with E-state index in [0.29, 0.717) is 36.4 Å². The lowest BCUT2D eigenvalue weighted by atomic mass is 10.2. The highest BCUT2D eigenvalue weighted by Gasteiger charge is 2.23. The molecule has 34 heavy (non-hydrogen) atoms. The van der Waals surface area contributed by atoms with E-state index in [1.807, 2.05) is 58.1 Å². The number of carbonyl (C=O) groups excluding carboxylic acids is 2. The number of nitrogens with one attached hydrogen (secondary N) is 1. The van der Waals surface area contributed by atoms with E-state index >= 15 is 0 Å². The van der Waals surface area contributed by atoms with Gasteiger partial charge in [0, 0.05) is 47.7 Å². The number of hydrogen-bond acceptors (Lipinski definition) is 7. The Morgan fingerprint density at radius 3 is 2.50 bits per heavy atom. The number of benzene rings is 1. The minimum Gasteiger partial charge on any atom is -0.339 e. The van der Waals surface area contributed by atoms with Crippen LogP contribution in [0.3, 0.4) is 0 Å². The zero-order valence-corrected chi connectivity index (χ0v) is 20.0. The van der Waals surface area contributed by atoms with E-state index in [9.17, 15) is 14.4 Å². The lowest BCUT2D eigenvalue weighted by Crippen LogP contribution is -2.51. The number of hydrogen-bond donors (Lipinski definition) is 1. The van der Waals surface area contributed by atoms with Gasteiger partial charge >= 0.3 is 0 Å². The number of carbonyl (C=O) groups is 2. The number of rotatable bonds is 6. The van der Waals surface area contributed by atoms with Crippen molar-refractivity contribution in [3.05, 3.63) is 69.9 Å². The maximum absolute atomic E-state index is 13.2. The van der Waals surface area contributed by atoms with Gasteiger partial charge in [0.1, 0.15) is 11.4 Å². The first-order valence-corrected chi connectivity index (χ1v) is 12.7. The van der Waals surface area contributed by atoms with Gasteiger partial charge in [-0.2, -0.15) is 0 Å². The van der Waals surface area contributed by atoms with Crippen LogP contribution < -0.4 is 10.9 Å². The largest absolute Gasteiger partial charge is 0.339 e. The number of thiophene rings is 2. The third-order valence-electron chi connectivity index (χ3n) is 5.80. The van der Waals surface area contributed by atoms with Gasteiger partial charge in [-0.05, 0) is 23.6 Å². The van der Waals surface area contributed by atoms with Crippen molar-refractivity contribution in [1.29, 1.82) is 0 Å². The molecule has 4 aromatic rings. The zero-order valence-electron chi connectivity index (χ0n) is 18.3. The smallest absolute Gasteiger partial charge is 0.263 e. The van der Waals surface area contributed by atoms with E-state index in [2.05, 4.69) is 10.3 Å². The predicted octanol–water partition coefficient (Wildman–Crippen LogP) is 2.97. The van der Waals surface area contributed by atoms with E-state index in [1.165, 1.54) is 22.2 Å². The summed E-state index contributed by atoms with van der Waals surface area (Å²) < 4.78 is 1.40. The Labute approximate surface area is 204 Å². The van der Waals surface area contributed by atoms with Gasteiger partial charge in [0.05, 0.1) is 18.3 Å². The van der Waals surface area contributed by atoms with E-state index in [-0.39, 0.29) is 30.5 Å². The topological polar surface area (TPSA) is 87.5 Å². The molecule has 1 N–H and O–H groups in total. The average Bonchev–Trinajstić information content (AvgIpc) is 3.52. The first-order valence-electron chi connectivity index (χ1n) is 10.9. The van der Waals surface area contributed by atoms with Crippen LogP contribution in [0.4, 0.5) is 5.69 Å². The highest BCUT2D eigenvalue weighted by atomic mass is 32.1. The highest BCUT2D eigenvalue weighted by Crippen LogP contribution is 2.33. The van der Waals surface area contributed by atoms with Crippen LogP contribution in [-0.2, 0) is 16.1 Å². The minimum absolute atomic E-state index is 0.0456. The van der Waals surface area contributed by atoms with Crippen molar-refractivity contribution in [2.75, 3.05) is 38.0 Å². The number of anilines is 1. The van der Waals surface area contributed by atoms with Crippen LogP contribution in [0.2, 0.25) is 0 Å². The molecule has 0 spiro atoms. The summed E-state index contributed by atoms with van der Waals surface area (Å²) in [5.41, 5.74) is 1.45. The quantitative estimate of drug-likeness (QED) is 0.446. The first-order chi connectivity index (χ1) is 16.6. The molecule has 1 aliphatic rings. The molecular weight excluding hydrogens is 470 g/mol. The molecule has 3 aromatic heterocycles. The maximum Gasteiger partial charge on any atom is 0.263 e. The molecule has 0 radical (unpaired) electrons. The Morgan fingerprint density at radius 2 is 1.76 bits per heavy atom. The second-order valence-electron chi connectivity index (χ2n) is 8.06. The van der Waals surface area contributed by atoms with Gasteiger partial charge in [0.25, 0.3) is 5.56 Å². The molecule has 0 unspecified atom stereocenters. The molecule has 0 aliphatic carbocycles. The molecule has 1 saturated heterocycles. The summed E-state index contributed by atoms with van der Waals surface area (Å²) in [5.74, 6) is -0.196. The summed E-state index contributed by atoms with van der Waals surface area (Å²) in [7, 11) is 0. The van der Waals surface area contributed by atoms with Crippen molar-refractivity contribution in [3.63, 3.8) is 0 Å². The Bertz CT molecular complexity index is 1360. The van der Waals surface area contributed by atoms with Crippen LogP contribution in [0, 0.1) is 0 Å². The lowest BCUT2D eigenvalue weighted by molar-refractivity contribution is -0.133. The van der Waals surface area contributed by atoms with Crippen molar-refractivity contribution >= 4 is 50.4 Å². The Hall–Kier alpha value is -3.34. The summed E-state index contributed by atoms with van der Waals surface area (Å²) >= 11 is 3.01. The molecule has 0 atom stereocenters. The van der Waals surface area contributed by atoms with Gasteiger partial charge in [-0.25, -0.2) is 4.98 Å². The fourth-order valence-corrected chi connectivity index (χ4v) is 5.74. The number of para-hydroxylation sites is 1. The van der Waals surface area contributed by atoms with E-state index in [0.717, 1.165) is 16.1 Å². The zero-order chi connectivity index (χ0) is 23.5. The van der Waals surface area contributed by atoms with Crippen molar-refractivity contribution in [3.8, 4) is 10.4 Å². The van der Waals surface area contributed by atoms with Crippen molar-refractivity contribution in [2.45, 2.75) is 6.54 Å². The molecule has 174 valence electrons. The third kappa shape index (κ3) is 4.79. The van der Waals surface area contributed by atoms with Crippen molar-refractivity contribution < 1.29 is 9.59 Å². The van der Waals surface area contributed by atoms with Crippen LogP contribution in [-0.4, -0.2) is 63.9 Å². The van der Waals surface area contributed by atoms with Crippen LogP contribution >= 0.6 is 22.7 Å². The van der Waals surface area contributed by atoms with Crippen LogP contribution in [0.5, 0.6) is 0 Å². The summed E-state index contributed by atoms with van der Waals surface area (Å²) in [4.78, 5) is 48.3. The molecule has 1 aliphatic heterocycles. The monoisotopic (exact) mass is 493 g/mol. The fourth-order valence-electron chi connectivity index (χ4n) is 4.02. The molecular formula is C24H23N5O3S2. The van der Waals surface area contributed by atoms with Crippen molar-refractivity contribution in [1.82, 2.24) is 19.4 Å². The molecule has 10 heteroatoms. The molecule has 1 fully saturated rings. The van der Waals surface area contributed by atoms with Gasteiger partial charge in [-0.15, -0.1) is 22.7 Å². The van der Waals surface area contributed by atoms with Gasteiger partial charge in [-0.3, -0.25) is 23.9 Å². The summed E-state index contributed by atoms with van der Waals surface area (Å²) in [6.07, 6.45) is 1.46. The summed E-state index contributed by atoms with van der Waals surface area (Å²) in [6.45, 7) is 2.47. The standard InChI is InChI=1S/C24H23N5O3S2/c30-20(26-17-5-2-1-3-6-17)13-27-8-10-28(11-9-27)21(31)14-29-16-25-23-22(24(29)32)18(15-34-23)19-7-4-12-33-19/h1-7,12,15-16H,8-11,13-14H2,(H,26,30). The Kier molecular flexibility index (Phi) is 6.52. The SMILES string of the molecule is O=C(CN1CCN(C(=O)Cn2cnc3scc(-c4cccs4)c3c2=O)CC1)Nc1ccccc1. The van der Waals surface area contributed by atoms with E-state index in [4.69, 9.17) is 0 Å². The number of piperazine rings is 1. The minimum atomic E-state index is -0.195. The molecule has 0 bridgehead atoms. The molecule has 1 aromatic carbocycles. The Morgan fingerprint density at radius 1 is 0.971 bits per heavy atom. The third-order valence-corrected chi connectivity index (χ3v) is 7.59. The maximum atomic E-state index is 13.2. The van der Waals surface area contributed by atoms with Crippen LogP contribution in [0.15, 0.2) is 64.3 Å². The highest BCUT2D eigenvalue weighted by molar-refractivity contribution is 7.18.